The first-order valence-corrected chi connectivity index (χ1v) is 7.75. The number of hydrogen-bond acceptors (Lipinski definition) is 3. The topological polar surface area (TPSA) is 71.4 Å². The molecule has 1 N–H and O–H groups in total. The van der Waals surface area contributed by atoms with E-state index in [1.807, 2.05) is 27.0 Å². The molecule has 0 saturated heterocycles. The van der Waals surface area contributed by atoms with Crippen LogP contribution in [-0.4, -0.2) is 39.4 Å². The van der Waals surface area contributed by atoms with Crippen LogP contribution >= 0.6 is 0 Å². The molecule has 0 unspecified atom stereocenters. The van der Waals surface area contributed by atoms with Crippen LogP contribution in [0.3, 0.4) is 0 Å². The van der Waals surface area contributed by atoms with E-state index in [2.05, 4.69) is 0 Å². The highest BCUT2D eigenvalue weighted by Gasteiger charge is 2.22. The molecule has 0 radical (unpaired) electrons. The number of benzene rings is 1. The summed E-state index contributed by atoms with van der Waals surface area (Å²) in [5.74, 6) is -0.539. The van der Waals surface area contributed by atoms with Gasteiger partial charge in [-0.15, -0.1) is 0 Å². The number of carbonyl (C=O) groups is 1. The smallest absolute Gasteiger partial charge is 0.269 e. The molecule has 0 atom stereocenters. The molecule has 6 heteroatoms. The van der Waals surface area contributed by atoms with Crippen molar-refractivity contribution in [3.63, 3.8) is 0 Å². The highest BCUT2D eigenvalue weighted by atomic mass is 32.2. The van der Waals surface area contributed by atoms with E-state index < -0.39 is 15.9 Å². The number of aldehydes is 1. The van der Waals surface area contributed by atoms with Gasteiger partial charge in [0.15, 0.2) is 0 Å². The van der Waals surface area contributed by atoms with Crippen LogP contribution in [0, 0.1) is 0 Å². The van der Waals surface area contributed by atoms with Gasteiger partial charge in [0, 0.05) is 11.6 Å². The van der Waals surface area contributed by atoms with Crippen molar-refractivity contribution in [3.05, 3.63) is 29.3 Å². The Morgan fingerprint density at radius 1 is 1.26 bits per heavy atom. The number of rotatable bonds is 6. The summed E-state index contributed by atoms with van der Waals surface area (Å²) in [6.45, 7) is 5.78. The van der Waals surface area contributed by atoms with Crippen molar-refractivity contribution in [1.29, 1.82) is 0 Å². The largest absolute Gasteiger partial charge is 0.298 e. The molecule has 0 aliphatic heterocycles. The summed E-state index contributed by atoms with van der Waals surface area (Å²) in [5, 5.41) is 0. The van der Waals surface area contributed by atoms with Crippen molar-refractivity contribution in [1.82, 2.24) is 4.48 Å². The van der Waals surface area contributed by atoms with E-state index in [-0.39, 0.29) is 0 Å². The Hall–Kier alpha value is -1.24. The van der Waals surface area contributed by atoms with Crippen molar-refractivity contribution >= 4 is 22.1 Å². The zero-order chi connectivity index (χ0) is 14.7. The third kappa shape index (κ3) is 3.86. The highest BCUT2D eigenvalue weighted by molar-refractivity contribution is 7.85. The molecule has 1 rings (SSSR count). The van der Waals surface area contributed by atoms with E-state index in [1.54, 1.807) is 12.1 Å². The van der Waals surface area contributed by atoms with Crippen LogP contribution in [0.1, 0.15) is 29.8 Å². The van der Waals surface area contributed by atoms with Crippen LogP contribution in [0.4, 0.5) is 5.69 Å². The monoisotopic (exact) mass is 286 g/mol. The van der Waals surface area contributed by atoms with Crippen LogP contribution < -0.4 is 4.48 Å². The van der Waals surface area contributed by atoms with Gasteiger partial charge < -0.3 is 0 Å². The molecule has 0 aromatic heterocycles. The maximum Gasteiger partial charge on any atom is 0.269 e. The summed E-state index contributed by atoms with van der Waals surface area (Å²) in [6, 6.07) is 5.11. The van der Waals surface area contributed by atoms with Crippen LogP contribution in [0.2, 0.25) is 0 Å². The molecule has 5 nitrogen and oxygen atoms in total. The maximum atomic E-state index is 11.0. The average molecular weight is 286 g/mol. The number of carbonyl (C=O) groups excluding carboxylic acids is 1. The fraction of sp³-hybridized carbons (Fsp3) is 0.462. The minimum atomic E-state index is -4.15. The number of hydrogen-bond donors (Lipinski definition) is 1. The molecule has 0 spiro atoms. The SMILES string of the molecule is CC[N+](C)(CC)c1ccc(C=O)c(CS(=O)(=O)O)c1. The van der Waals surface area contributed by atoms with Gasteiger partial charge in [-0.3, -0.25) is 13.8 Å². The van der Waals surface area contributed by atoms with E-state index >= 15 is 0 Å². The van der Waals surface area contributed by atoms with Crippen LogP contribution in [-0.2, 0) is 15.9 Å². The molecule has 0 bridgehead atoms. The number of quaternary nitrogens is 1. The second-order valence-electron chi connectivity index (χ2n) is 4.76. The number of nitrogens with zero attached hydrogens (tertiary/aromatic N) is 1. The second-order valence-corrected chi connectivity index (χ2v) is 6.21. The molecular formula is C13H20NO4S+. The lowest BCUT2D eigenvalue weighted by Gasteiger charge is -2.32. The molecule has 0 aliphatic carbocycles. The van der Waals surface area contributed by atoms with Gasteiger partial charge in [-0.1, -0.05) is 0 Å². The molecule has 0 aliphatic rings. The predicted octanol–water partition coefficient (Wildman–Crippen LogP) is 1.86. The third-order valence-electron chi connectivity index (χ3n) is 3.61. The molecule has 1 aromatic carbocycles. The summed E-state index contributed by atoms with van der Waals surface area (Å²) in [4.78, 5) is 10.9. The van der Waals surface area contributed by atoms with Gasteiger partial charge in [0.1, 0.15) is 17.7 Å². The Morgan fingerprint density at radius 2 is 1.84 bits per heavy atom. The normalized spacial score (nSPS) is 12.4. The zero-order valence-corrected chi connectivity index (χ0v) is 12.3. The molecule has 0 saturated carbocycles. The Labute approximate surface area is 114 Å². The fourth-order valence-electron chi connectivity index (χ4n) is 1.95. The van der Waals surface area contributed by atoms with Crippen molar-refractivity contribution in [2.45, 2.75) is 19.6 Å². The van der Waals surface area contributed by atoms with Crippen LogP contribution in [0.25, 0.3) is 0 Å². The Morgan fingerprint density at radius 3 is 2.26 bits per heavy atom. The summed E-state index contributed by atoms with van der Waals surface area (Å²) in [6.07, 6.45) is 0.604. The van der Waals surface area contributed by atoms with Gasteiger partial charge >= 0.3 is 0 Å². The minimum absolute atomic E-state index is 0.292. The summed E-state index contributed by atoms with van der Waals surface area (Å²) < 4.78 is 31.6. The van der Waals surface area contributed by atoms with Gasteiger partial charge in [-0.25, -0.2) is 0 Å². The van der Waals surface area contributed by atoms with Crippen molar-refractivity contribution < 1.29 is 17.8 Å². The average Bonchev–Trinajstić information content (AvgIpc) is 2.36. The molecule has 0 heterocycles. The fourth-order valence-corrected chi connectivity index (χ4v) is 2.60. The Kier molecular flexibility index (Phi) is 4.84. The van der Waals surface area contributed by atoms with E-state index in [0.717, 1.165) is 18.8 Å². The summed E-state index contributed by atoms with van der Waals surface area (Å²) >= 11 is 0. The highest BCUT2D eigenvalue weighted by Crippen LogP contribution is 2.24. The second kappa shape index (κ2) is 5.81. The van der Waals surface area contributed by atoms with Crippen LogP contribution in [0.15, 0.2) is 18.2 Å². The van der Waals surface area contributed by atoms with Crippen molar-refractivity contribution in [2.24, 2.45) is 0 Å². The van der Waals surface area contributed by atoms with E-state index in [1.165, 1.54) is 0 Å². The predicted molar refractivity (Wildman–Crippen MR) is 75.9 cm³/mol. The standard InChI is InChI=1S/C13H19NO4S/c1-4-14(3,5-2)13-7-6-11(9-15)12(8-13)10-19(16,17)18/h6-9H,4-5,10H2,1-3H3/p+1. The lowest BCUT2D eigenvalue weighted by Crippen LogP contribution is -2.44. The minimum Gasteiger partial charge on any atom is -0.298 e. The third-order valence-corrected chi connectivity index (χ3v) is 4.29. The van der Waals surface area contributed by atoms with Gasteiger partial charge in [0.05, 0.1) is 20.1 Å². The quantitative estimate of drug-likeness (QED) is 0.492. The van der Waals surface area contributed by atoms with E-state index in [0.29, 0.717) is 21.9 Å². The van der Waals surface area contributed by atoms with Crippen molar-refractivity contribution in [2.75, 3.05) is 20.1 Å². The van der Waals surface area contributed by atoms with Gasteiger partial charge in [0.2, 0.25) is 0 Å². The Balaban J connectivity index is 3.33. The summed E-state index contributed by atoms with van der Waals surface area (Å²) in [5.41, 5.74) is 1.55. The van der Waals surface area contributed by atoms with Gasteiger partial charge in [-0.05, 0) is 31.5 Å². The van der Waals surface area contributed by atoms with Gasteiger partial charge in [0.25, 0.3) is 10.1 Å². The molecule has 0 fully saturated rings. The van der Waals surface area contributed by atoms with E-state index in [9.17, 15) is 13.2 Å². The molecule has 1 aromatic rings. The lowest BCUT2D eigenvalue weighted by molar-refractivity contribution is 0.112. The maximum absolute atomic E-state index is 11.0. The van der Waals surface area contributed by atoms with Gasteiger partial charge in [-0.2, -0.15) is 8.42 Å². The lowest BCUT2D eigenvalue weighted by atomic mass is 10.1. The zero-order valence-electron chi connectivity index (χ0n) is 11.5. The molecule has 19 heavy (non-hydrogen) atoms. The molecular weight excluding hydrogens is 266 g/mol. The first-order valence-electron chi connectivity index (χ1n) is 6.14. The first kappa shape index (κ1) is 15.8. The first-order chi connectivity index (χ1) is 8.75. The Bertz CT molecular complexity index is 562. The van der Waals surface area contributed by atoms with E-state index in [4.69, 9.17) is 4.55 Å². The molecule has 0 amide bonds. The molecule has 106 valence electrons. The summed E-state index contributed by atoms with van der Waals surface area (Å²) in [7, 11) is -2.12. The van der Waals surface area contributed by atoms with Crippen LogP contribution in [0.5, 0.6) is 0 Å². The van der Waals surface area contributed by atoms with Crippen molar-refractivity contribution in [3.8, 4) is 0 Å².